The third kappa shape index (κ3) is 3.50. The average molecular weight is 233 g/mol. The third-order valence-electron chi connectivity index (χ3n) is 3.78. The highest BCUT2D eigenvalue weighted by atomic mass is 14.9. The summed E-state index contributed by atoms with van der Waals surface area (Å²) in [5.41, 5.74) is 1.19. The maximum absolute atomic E-state index is 4.51. The quantitative estimate of drug-likeness (QED) is 0.813. The first-order chi connectivity index (χ1) is 8.42. The molecule has 0 aliphatic heterocycles. The average Bonchev–Trinajstić information content (AvgIpc) is 2.62. The topological polar surface area (TPSA) is 37.8 Å². The van der Waals surface area contributed by atoms with Crippen molar-refractivity contribution < 1.29 is 0 Å². The third-order valence-corrected chi connectivity index (χ3v) is 3.78. The van der Waals surface area contributed by atoms with Crippen molar-refractivity contribution in [1.29, 1.82) is 0 Å². The molecule has 1 aliphatic carbocycles. The Kier molecular flexibility index (Phi) is 4.92. The van der Waals surface area contributed by atoms with E-state index < -0.39 is 0 Å². The molecule has 17 heavy (non-hydrogen) atoms. The van der Waals surface area contributed by atoms with Crippen LogP contribution in [0.25, 0.3) is 0 Å². The van der Waals surface area contributed by atoms with Gasteiger partial charge in [0, 0.05) is 24.5 Å². The lowest BCUT2D eigenvalue weighted by Gasteiger charge is -2.24. The first-order valence-corrected chi connectivity index (χ1v) is 6.88. The van der Waals surface area contributed by atoms with E-state index in [9.17, 15) is 0 Å². The van der Waals surface area contributed by atoms with Gasteiger partial charge in [-0.05, 0) is 31.8 Å². The molecule has 0 aromatic carbocycles. The molecule has 0 amide bonds. The minimum atomic E-state index is 0.602. The monoisotopic (exact) mass is 233 g/mol. The Morgan fingerprint density at radius 3 is 2.88 bits per heavy atom. The normalized spacial score (nSPS) is 25.5. The Morgan fingerprint density at radius 1 is 1.24 bits per heavy atom. The number of hydrogen-bond donors (Lipinski definition) is 1. The van der Waals surface area contributed by atoms with E-state index in [4.69, 9.17) is 0 Å². The van der Waals surface area contributed by atoms with Crippen molar-refractivity contribution in [1.82, 2.24) is 15.3 Å². The van der Waals surface area contributed by atoms with Gasteiger partial charge in [0.25, 0.3) is 0 Å². The zero-order valence-electron chi connectivity index (χ0n) is 10.7. The molecule has 1 heterocycles. The van der Waals surface area contributed by atoms with Crippen LogP contribution in [0.1, 0.15) is 50.6 Å². The molecular formula is C14H23N3. The predicted molar refractivity (Wildman–Crippen MR) is 69.9 cm³/mol. The van der Waals surface area contributed by atoms with Crippen molar-refractivity contribution in [3.8, 4) is 0 Å². The van der Waals surface area contributed by atoms with Crippen LogP contribution in [0.2, 0.25) is 0 Å². The highest BCUT2D eigenvalue weighted by molar-refractivity contribution is 5.06. The molecule has 2 rings (SSSR count). The lowest BCUT2D eigenvalue weighted by molar-refractivity contribution is 0.372. The van der Waals surface area contributed by atoms with Gasteiger partial charge in [0.05, 0.1) is 5.69 Å². The van der Waals surface area contributed by atoms with Crippen LogP contribution in [0.15, 0.2) is 18.6 Å². The van der Waals surface area contributed by atoms with Crippen molar-refractivity contribution in [3.63, 3.8) is 0 Å². The molecule has 2 unspecified atom stereocenters. The molecular weight excluding hydrogens is 210 g/mol. The van der Waals surface area contributed by atoms with Crippen LogP contribution in [-0.2, 0) is 0 Å². The minimum Gasteiger partial charge on any atom is -0.317 e. The van der Waals surface area contributed by atoms with E-state index in [2.05, 4.69) is 22.2 Å². The van der Waals surface area contributed by atoms with Crippen molar-refractivity contribution in [3.05, 3.63) is 24.3 Å². The van der Waals surface area contributed by atoms with Gasteiger partial charge in [0.15, 0.2) is 0 Å². The Labute approximate surface area is 104 Å². The first-order valence-electron chi connectivity index (χ1n) is 6.88. The molecule has 0 radical (unpaired) electrons. The zero-order valence-corrected chi connectivity index (χ0v) is 10.7. The van der Waals surface area contributed by atoms with Crippen molar-refractivity contribution in [2.75, 3.05) is 13.1 Å². The first kappa shape index (κ1) is 12.5. The Balaban J connectivity index is 2.08. The number of rotatable bonds is 4. The molecule has 1 fully saturated rings. The van der Waals surface area contributed by atoms with Gasteiger partial charge in [-0.25, -0.2) is 0 Å². The molecule has 3 nitrogen and oxygen atoms in total. The second-order valence-electron chi connectivity index (χ2n) is 4.94. The molecule has 1 aliphatic rings. The summed E-state index contributed by atoms with van der Waals surface area (Å²) < 4.78 is 0. The molecule has 1 N–H and O–H groups in total. The molecule has 1 saturated carbocycles. The predicted octanol–water partition coefficient (Wildman–Crippen LogP) is 2.75. The zero-order chi connectivity index (χ0) is 11.9. The van der Waals surface area contributed by atoms with Gasteiger partial charge in [0.1, 0.15) is 0 Å². The molecule has 0 bridgehead atoms. The Bertz CT molecular complexity index is 313. The Hall–Kier alpha value is -0.960. The van der Waals surface area contributed by atoms with E-state index in [1.807, 2.05) is 12.4 Å². The molecule has 1 aromatic rings. The Morgan fingerprint density at radius 2 is 2.12 bits per heavy atom. The summed E-state index contributed by atoms with van der Waals surface area (Å²) in [7, 11) is 0. The van der Waals surface area contributed by atoms with Gasteiger partial charge in [0.2, 0.25) is 0 Å². The van der Waals surface area contributed by atoms with Gasteiger partial charge in [-0.3, -0.25) is 9.97 Å². The lowest BCUT2D eigenvalue weighted by atomic mass is 9.85. The maximum atomic E-state index is 4.51. The summed E-state index contributed by atoms with van der Waals surface area (Å²) in [4.78, 5) is 8.73. The molecule has 0 saturated heterocycles. The summed E-state index contributed by atoms with van der Waals surface area (Å²) in [6.07, 6.45) is 12.2. The van der Waals surface area contributed by atoms with E-state index in [0.717, 1.165) is 19.0 Å². The number of hydrogen-bond acceptors (Lipinski definition) is 3. The smallest absolute Gasteiger partial charge is 0.0620 e. The molecule has 2 atom stereocenters. The molecule has 0 spiro atoms. The van der Waals surface area contributed by atoms with Gasteiger partial charge in [-0.1, -0.05) is 26.2 Å². The summed E-state index contributed by atoms with van der Waals surface area (Å²) >= 11 is 0. The molecule has 1 aromatic heterocycles. The largest absolute Gasteiger partial charge is 0.317 e. The fourth-order valence-electron chi connectivity index (χ4n) is 2.85. The van der Waals surface area contributed by atoms with Gasteiger partial charge in [-0.15, -0.1) is 0 Å². The molecule has 94 valence electrons. The summed E-state index contributed by atoms with van der Waals surface area (Å²) in [5.74, 6) is 1.33. The van der Waals surface area contributed by atoms with Gasteiger partial charge >= 0.3 is 0 Å². The number of aromatic nitrogens is 2. The summed E-state index contributed by atoms with van der Waals surface area (Å²) in [6.45, 7) is 4.36. The van der Waals surface area contributed by atoms with Crippen LogP contribution in [-0.4, -0.2) is 23.1 Å². The van der Waals surface area contributed by atoms with Gasteiger partial charge in [-0.2, -0.15) is 0 Å². The molecule has 3 heteroatoms. The number of nitrogens with one attached hydrogen (secondary N) is 1. The van der Waals surface area contributed by atoms with Crippen LogP contribution in [0.5, 0.6) is 0 Å². The highest BCUT2D eigenvalue weighted by Gasteiger charge is 2.25. The lowest BCUT2D eigenvalue weighted by Crippen LogP contribution is -2.27. The fraction of sp³-hybridized carbons (Fsp3) is 0.714. The standard InChI is InChI=1S/C14H23N3/c1-2-15-10-12-6-4-3-5-7-13(12)14-11-16-8-9-17-14/h8-9,11-13,15H,2-7,10H2,1H3. The van der Waals surface area contributed by atoms with Crippen LogP contribution < -0.4 is 5.32 Å². The van der Waals surface area contributed by atoms with Crippen LogP contribution >= 0.6 is 0 Å². The summed E-state index contributed by atoms with van der Waals surface area (Å²) in [6, 6.07) is 0. The van der Waals surface area contributed by atoms with Crippen molar-refractivity contribution >= 4 is 0 Å². The highest BCUT2D eigenvalue weighted by Crippen LogP contribution is 2.34. The van der Waals surface area contributed by atoms with Crippen LogP contribution in [0, 0.1) is 5.92 Å². The van der Waals surface area contributed by atoms with Crippen molar-refractivity contribution in [2.24, 2.45) is 5.92 Å². The van der Waals surface area contributed by atoms with E-state index in [1.165, 1.54) is 37.8 Å². The van der Waals surface area contributed by atoms with E-state index >= 15 is 0 Å². The SMILES string of the molecule is CCNCC1CCCCCC1c1cnccn1. The van der Waals surface area contributed by atoms with E-state index in [1.54, 1.807) is 6.20 Å². The number of nitrogens with zero attached hydrogens (tertiary/aromatic N) is 2. The van der Waals surface area contributed by atoms with Crippen LogP contribution in [0.3, 0.4) is 0 Å². The second-order valence-corrected chi connectivity index (χ2v) is 4.94. The van der Waals surface area contributed by atoms with Gasteiger partial charge < -0.3 is 5.32 Å². The minimum absolute atomic E-state index is 0.602. The van der Waals surface area contributed by atoms with Crippen molar-refractivity contribution in [2.45, 2.75) is 44.9 Å². The maximum Gasteiger partial charge on any atom is 0.0620 e. The van der Waals surface area contributed by atoms with E-state index in [0.29, 0.717) is 5.92 Å². The fourth-order valence-corrected chi connectivity index (χ4v) is 2.85. The summed E-state index contributed by atoms with van der Waals surface area (Å²) in [5, 5.41) is 3.50. The second kappa shape index (κ2) is 6.70. The van der Waals surface area contributed by atoms with Crippen LogP contribution in [0.4, 0.5) is 0 Å². The van der Waals surface area contributed by atoms with E-state index in [-0.39, 0.29) is 0 Å².